The molecule has 3 aromatic carbocycles. The molecule has 0 aliphatic carbocycles. The summed E-state index contributed by atoms with van der Waals surface area (Å²) in [6.07, 6.45) is 3.77. The molecule has 0 saturated heterocycles. The van der Waals surface area contributed by atoms with Crippen LogP contribution in [-0.4, -0.2) is 73.2 Å². The summed E-state index contributed by atoms with van der Waals surface area (Å²) in [7, 11) is 8.90. The number of nitrogens with zero attached hydrogens (tertiary/aromatic N) is 1. The van der Waals surface area contributed by atoms with Crippen LogP contribution in [0.5, 0.6) is 40.2 Å². The first-order chi connectivity index (χ1) is 22.3. The van der Waals surface area contributed by atoms with Crippen LogP contribution in [0.15, 0.2) is 53.6 Å². The minimum atomic E-state index is -0.603. The molecule has 0 spiro atoms. The standard InChI is InChI=1S/C33H39N3O10/c1-40-24-14-12-22(17-27(24)42-3)33(39)46-25-13-11-21(16-26(25)41-2)20-35-36-30(37)10-8-7-9-15-34-32(38)23-18-28(43-4)31(45-6)29(19-23)44-5/h11-14,16-20H,7-10,15H2,1-6H3,(H,34,38)(H,36,37)/b35-20+. The largest absolute Gasteiger partial charge is 0.493 e. The van der Waals surface area contributed by atoms with E-state index in [1.165, 1.54) is 54.9 Å². The Hall–Kier alpha value is -5.46. The van der Waals surface area contributed by atoms with E-state index in [-0.39, 0.29) is 29.5 Å². The van der Waals surface area contributed by atoms with Gasteiger partial charge in [-0.15, -0.1) is 0 Å². The summed E-state index contributed by atoms with van der Waals surface area (Å²) in [4.78, 5) is 37.5. The van der Waals surface area contributed by atoms with Gasteiger partial charge in [0.15, 0.2) is 34.5 Å². The van der Waals surface area contributed by atoms with Gasteiger partial charge in [-0.25, -0.2) is 10.2 Å². The number of methoxy groups -OCH3 is 6. The zero-order valence-electron chi connectivity index (χ0n) is 26.8. The molecule has 0 saturated carbocycles. The Morgan fingerprint density at radius 2 is 1.26 bits per heavy atom. The molecule has 246 valence electrons. The number of amides is 2. The molecule has 0 aliphatic heterocycles. The first-order valence-corrected chi connectivity index (χ1v) is 14.3. The van der Waals surface area contributed by atoms with E-state index in [2.05, 4.69) is 15.8 Å². The fourth-order valence-electron chi connectivity index (χ4n) is 4.31. The lowest BCUT2D eigenvalue weighted by molar-refractivity contribution is -0.121. The number of esters is 1. The minimum absolute atomic E-state index is 0.211. The summed E-state index contributed by atoms with van der Waals surface area (Å²) in [6, 6.07) is 12.7. The van der Waals surface area contributed by atoms with E-state index in [1.807, 2.05) is 0 Å². The van der Waals surface area contributed by atoms with Gasteiger partial charge in [-0.05, 0) is 66.9 Å². The Bertz CT molecular complexity index is 1520. The normalized spacial score (nSPS) is 10.6. The molecule has 0 aliphatic rings. The van der Waals surface area contributed by atoms with Crippen molar-refractivity contribution in [2.24, 2.45) is 5.10 Å². The second kappa shape index (κ2) is 17.7. The molecule has 13 heteroatoms. The molecule has 3 rings (SSSR count). The van der Waals surface area contributed by atoms with Gasteiger partial charge in [0.25, 0.3) is 5.91 Å². The van der Waals surface area contributed by atoms with Crippen LogP contribution < -0.4 is 43.9 Å². The smallest absolute Gasteiger partial charge is 0.343 e. The van der Waals surface area contributed by atoms with Crippen molar-refractivity contribution in [3.63, 3.8) is 0 Å². The van der Waals surface area contributed by atoms with Gasteiger partial charge in [0.2, 0.25) is 11.7 Å². The lowest BCUT2D eigenvalue weighted by Gasteiger charge is -2.14. The van der Waals surface area contributed by atoms with Crippen molar-refractivity contribution in [1.82, 2.24) is 10.7 Å². The van der Waals surface area contributed by atoms with Crippen LogP contribution in [0.2, 0.25) is 0 Å². The molecule has 46 heavy (non-hydrogen) atoms. The number of benzene rings is 3. The van der Waals surface area contributed by atoms with Crippen molar-refractivity contribution in [3.05, 3.63) is 65.2 Å². The average molecular weight is 638 g/mol. The predicted molar refractivity (Wildman–Crippen MR) is 170 cm³/mol. The first-order valence-electron chi connectivity index (χ1n) is 14.3. The molecule has 0 atom stereocenters. The van der Waals surface area contributed by atoms with E-state index in [0.29, 0.717) is 65.0 Å². The lowest BCUT2D eigenvalue weighted by atomic mass is 10.1. The maximum atomic E-state index is 12.7. The molecule has 0 unspecified atom stereocenters. The molecular formula is C33H39N3O10. The van der Waals surface area contributed by atoms with Crippen molar-refractivity contribution >= 4 is 24.0 Å². The summed E-state index contributed by atoms with van der Waals surface area (Å²) >= 11 is 0. The van der Waals surface area contributed by atoms with E-state index < -0.39 is 5.97 Å². The number of ether oxygens (including phenoxy) is 7. The number of hydrogen-bond acceptors (Lipinski definition) is 11. The van der Waals surface area contributed by atoms with Crippen LogP contribution in [0.4, 0.5) is 0 Å². The highest BCUT2D eigenvalue weighted by molar-refractivity contribution is 5.95. The van der Waals surface area contributed by atoms with E-state index >= 15 is 0 Å². The number of hydrazone groups is 1. The maximum absolute atomic E-state index is 12.7. The quantitative estimate of drug-likeness (QED) is 0.0716. The van der Waals surface area contributed by atoms with E-state index in [9.17, 15) is 14.4 Å². The highest BCUT2D eigenvalue weighted by Gasteiger charge is 2.17. The molecule has 2 amide bonds. The van der Waals surface area contributed by atoms with Gasteiger partial charge in [-0.3, -0.25) is 9.59 Å². The van der Waals surface area contributed by atoms with Crippen LogP contribution in [-0.2, 0) is 4.79 Å². The third-order valence-electron chi connectivity index (χ3n) is 6.71. The van der Waals surface area contributed by atoms with Crippen molar-refractivity contribution in [2.45, 2.75) is 25.7 Å². The Morgan fingerprint density at radius 1 is 0.652 bits per heavy atom. The molecule has 0 fully saturated rings. The van der Waals surface area contributed by atoms with Crippen molar-refractivity contribution in [3.8, 4) is 40.2 Å². The summed E-state index contributed by atoms with van der Waals surface area (Å²) in [5.74, 6) is 1.48. The van der Waals surface area contributed by atoms with Crippen LogP contribution in [0.1, 0.15) is 52.0 Å². The fraction of sp³-hybridized carbons (Fsp3) is 0.333. The second-order valence-electron chi connectivity index (χ2n) is 9.64. The third-order valence-corrected chi connectivity index (χ3v) is 6.71. The fourth-order valence-corrected chi connectivity index (χ4v) is 4.31. The number of carbonyl (C=O) groups is 3. The molecule has 0 bridgehead atoms. The van der Waals surface area contributed by atoms with Gasteiger partial charge >= 0.3 is 5.97 Å². The third kappa shape index (κ3) is 9.52. The van der Waals surface area contributed by atoms with Gasteiger partial charge in [-0.2, -0.15) is 5.10 Å². The van der Waals surface area contributed by atoms with E-state index in [4.69, 9.17) is 33.2 Å². The Morgan fingerprint density at radius 3 is 1.89 bits per heavy atom. The first kappa shape index (κ1) is 35.0. The Labute approximate surface area is 267 Å². The van der Waals surface area contributed by atoms with Crippen molar-refractivity contribution in [1.29, 1.82) is 0 Å². The van der Waals surface area contributed by atoms with Gasteiger partial charge in [-0.1, -0.05) is 6.42 Å². The monoisotopic (exact) mass is 637 g/mol. The van der Waals surface area contributed by atoms with Gasteiger partial charge < -0.3 is 38.5 Å². The molecule has 0 aromatic heterocycles. The summed E-state index contributed by atoms with van der Waals surface area (Å²) in [6.45, 7) is 0.441. The van der Waals surface area contributed by atoms with E-state index in [0.717, 1.165) is 6.42 Å². The molecule has 13 nitrogen and oxygen atoms in total. The molecule has 0 heterocycles. The number of nitrogens with one attached hydrogen (secondary N) is 2. The Balaban J connectivity index is 1.42. The van der Waals surface area contributed by atoms with E-state index in [1.54, 1.807) is 42.5 Å². The summed E-state index contributed by atoms with van der Waals surface area (Å²) in [5.41, 5.74) is 3.77. The van der Waals surface area contributed by atoms with Crippen LogP contribution in [0.25, 0.3) is 0 Å². The number of rotatable bonds is 17. The Kier molecular flexibility index (Phi) is 13.5. The van der Waals surface area contributed by atoms with Crippen LogP contribution in [0, 0.1) is 0 Å². The SMILES string of the molecule is COc1ccc(C(=O)Oc2ccc(/C=N/NC(=O)CCCCCNC(=O)c3cc(OC)c(OC)c(OC)c3)cc2OC)cc1OC. The van der Waals surface area contributed by atoms with Crippen LogP contribution in [0.3, 0.4) is 0 Å². The lowest BCUT2D eigenvalue weighted by Crippen LogP contribution is -2.24. The van der Waals surface area contributed by atoms with Gasteiger partial charge in [0.1, 0.15) is 0 Å². The molecule has 3 aromatic rings. The van der Waals surface area contributed by atoms with Gasteiger partial charge in [0.05, 0.1) is 54.4 Å². The highest BCUT2D eigenvalue weighted by Crippen LogP contribution is 2.38. The molecule has 2 N–H and O–H groups in total. The summed E-state index contributed by atoms with van der Waals surface area (Å²) < 4.78 is 37.2. The number of carbonyl (C=O) groups excluding carboxylic acids is 3. The second-order valence-corrected chi connectivity index (χ2v) is 9.64. The zero-order chi connectivity index (χ0) is 33.5. The average Bonchev–Trinajstić information content (AvgIpc) is 3.08. The number of hydrogen-bond donors (Lipinski definition) is 2. The topological polar surface area (TPSA) is 152 Å². The minimum Gasteiger partial charge on any atom is -0.493 e. The van der Waals surface area contributed by atoms with Gasteiger partial charge in [0, 0.05) is 18.5 Å². The predicted octanol–water partition coefficient (Wildman–Crippen LogP) is 4.40. The molecular weight excluding hydrogens is 598 g/mol. The van der Waals surface area contributed by atoms with Crippen molar-refractivity contribution < 1.29 is 47.5 Å². The molecule has 0 radical (unpaired) electrons. The van der Waals surface area contributed by atoms with Crippen LogP contribution >= 0.6 is 0 Å². The maximum Gasteiger partial charge on any atom is 0.343 e. The highest BCUT2D eigenvalue weighted by atomic mass is 16.6. The zero-order valence-corrected chi connectivity index (χ0v) is 26.8. The number of unbranched alkanes of at least 4 members (excludes halogenated alkanes) is 2. The van der Waals surface area contributed by atoms with Crippen molar-refractivity contribution in [2.75, 3.05) is 49.2 Å². The summed E-state index contributed by atoms with van der Waals surface area (Å²) in [5, 5.41) is 6.86.